The summed E-state index contributed by atoms with van der Waals surface area (Å²) in [5, 5.41) is 3.19. The molecule has 0 bridgehead atoms. The van der Waals surface area contributed by atoms with Crippen molar-refractivity contribution in [2.45, 2.75) is 52.9 Å². The highest BCUT2D eigenvalue weighted by molar-refractivity contribution is 6.00. The van der Waals surface area contributed by atoms with Crippen molar-refractivity contribution in [3.63, 3.8) is 0 Å². The Hall–Kier alpha value is -3.16. The van der Waals surface area contributed by atoms with E-state index in [0.29, 0.717) is 24.0 Å². The lowest BCUT2D eigenvalue weighted by atomic mass is 9.91. The third kappa shape index (κ3) is 5.80. The Morgan fingerprint density at radius 3 is 2.36 bits per heavy atom. The fourth-order valence-electron chi connectivity index (χ4n) is 4.23. The van der Waals surface area contributed by atoms with Crippen LogP contribution >= 0.6 is 0 Å². The number of anilines is 5. The molecule has 4 rings (SSSR count). The van der Waals surface area contributed by atoms with Gasteiger partial charge >= 0.3 is 0 Å². The topological polar surface area (TPSA) is 81.7 Å². The molecule has 1 aromatic carbocycles. The number of benzene rings is 1. The van der Waals surface area contributed by atoms with Gasteiger partial charge in [-0.1, -0.05) is 38.2 Å². The van der Waals surface area contributed by atoms with Crippen LogP contribution < -0.4 is 20.0 Å². The van der Waals surface area contributed by atoms with E-state index in [2.05, 4.69) is 15.3 Å². The molecule has 2 heterocycles. The second kappa shape index (κ2) is 10.2. The molecule has 0 unspecified atom stereocenters. The molecule has 1 N–H and O–H groups in total. The predicted octanol–water partition coefficient (Wildman–Crippen LogP) is 4.59. The van der Waals surface area contributed by atoms with E-state index in [1.165, 1.54) is 39.0 Å². The van der Waals surface area contributed by atoms with E-state index in [-0.39, 0.29) is 11.8 Å². The molecule has 2 amide bonds. The van der Waals surface area contributed by atoms with E-state index in [0.717, 1.165) is 11.4 Å². The van der Waals surface area contributed by atoms with E-state index >= 15 is 0 Å². The van der Waals surface area contributed by atoms with Crippen LogP contribution in [-0.2, 0) is 9.59 Å². The number of rotatable bonds is 3. The van der Waals surface area contributed by atoms with Crippen molar-refractivity contribution in [2.24, 2.45) is 5.41 Å². The zero-order valence-corrected chi connectivity index (χ0v) is 20.7. The Kier molecular flexibility index (Phi) is 7.56. The second-order valence-corrected chi connectivity index (χ2v) is 9.53. The summed E-state index contributed by atoms with van der Waals surface area (Å²) >= 11 is 0. The monoisotopic (exact) mass is 452 g/mol. The molecule has 0 atom stereocenters. The zero-order chi connectivity index (χ0) is 24.2. The molecule has 2 aromatic rings. The Balaban J connectivity index is 0.000000541. The molecule has 1 fully saturated rings. The largest absolute Gasteiger partial charge is 0.357 e. The smallest absolute Gasteiger partial charge is 0.234 e. The Labute approximate surface area is 197 Å². The third-order valence-corrected chi connectivity index (χ3v) is 6.20. The van der Waals surface area contributed by atoms with Crippen LogP contribution in [-0.4, -0.2) is 49.5 Å². The molecule has 0 saturated heterocycles. The molecule has 1 saturated carbocycles. The maximum atomic E-state index is 12.7. The molecule has 33 heavy (non-hydrogen) atoms. The van der Waals surface area contributed by atoms with Gasteiger partial charge in [0.25, 0.3) is 0 Å². The van der Waals surface area contributed by atoms with Gasteiger partial charge in [-0.25, -0.2) is 4.98 Å². The molecule has 1 aliphatic heterocycles. The molecular weight excluding hydrogens is 416 g/mol. The van der Waals surface area contributed by atoms with Crippen LogP contribution in [0.15, 0.2) is 30.5 Å². The fourth-order valence-corrected chi connectivity index (χ4v) is 4.23. The van der Waals surface area contributed by atoms with Crippen LogP contribution in [0, 0.1) is 5.41 Å². The molecule has 1 aromatic heterocycles. The van der Waals surface area contributed by atoms with Crippen molar-refractivity contribution in [3.8, 4) is 0 Å². The van der Waals surface area contributed by atoms with Gasteiger partial charge in [-0.3, -0.25) is 9.59 Å². The zero-order valence-electron chi connectivity index (χ0n) is 20.7. The summed E-state index contributed by atoms with van der Waals surface area (Å²) in [6.07, 6.45) is 9.16. The first-order valence-corrected chi connectivity index (χ1v) is 11.6. The Bertz CT molecular complexity index is 995. The lowest BCUT2D eigenvalue weighted by molar-refractivity contribution is -0.125. The first-order valence-electron chi connectivity index (χ1n) is 11.6. The highest BCUT2D eigenvalue weighted by Gasteiger charge is 2.37. The normalized spacial score (nSPS) is 17.0. The standard InChI is InChI=1S/C20H26N6O2.C5H10/c1-13(27)25(5)15-9-7-8-14(10-15)22-19-21-11-16-17(23-19)24(4)12-20(2,3)18(28)26(16)6;1-2-4-5-3-1/h7-11H,12H2,1-6H3,(H,21,22,23);1-5H2. The summed E-state index contributed by atoms with van der Waals surface area (Å²) < 4.78 is 0. The number of fused-ring (bicyclic) bond motifs is 1. The first kappa shape index (κ1) is 24.5. The highest BCUT2D eigenvalue weighted by atomic mass is 16.2. The molecule has 0 radical (unpaired) electrons. The summed E-state index contributed by atoms with van der Waals surface area (Å²) in [5.41, 5.74) is 1.69. The minimum atomic E-state index is -0.524. The summed E-state index contributed by atoms with van der Waals surface area (Å²) in [7, 11) is 5.40. The summed E-state index contributed by atoms with van der Waals surface area (Å²) in [4.78, 5) is 38.5. The minimum absolute atomic E-state index is 0.0300. The Morgan fingerprint density at radius 2 is 1.76 bits per heavy atom. The van der Waals surface area contributed by atoms with Gasteiger partial charge in [0.05, 0.1) is 11.6 Å². The van der Waals surface area contributed by atoms with E-state index in [1.807, 2.05) is 50.1 Å². The fraction of sp³-hybridized carbons (Fsp3) is 0.520. The second-order valence-electron chi connectivity index (χ2n) is 9.53. The minimum Gasteiger partial charge on any atom is -0.357 e. The first-order chi connectivity index (χ1) is 15.6. The SMILES string of the molecule is C1CCCC1.CC(=O)N(C)c1cccc(Nc2ncc3c(n2)N(C)CC(C)(C)C(=O)N3C)c1. The van der Waals surface area contributed by atoms with Gasteiger partial charge < -0.3 is 20.0 Å². The Morgan fingerprint density at radius 1 is 1.12 bits per heavy atom. The number of carbonyl (C=O) groups is 2. The number of carbonyl (C=O) groups excluding carboxylic acids is 2. The molecule has 178 valence electrons. The maximum absolute atomic E-state index is 12.7. The van der Waals surface area contributed by atoms with Crippen molar-refractivity contribution < 1.29 is 9.59 Å². The number of nitrogens with zero attached hydrogens (tertiary/aromatic N) is 5. The van der Waals surface area contributed by atoms with Crippen LogP contribution in [0.1, 0.15) is 52.9 Å². The van der Waals surface area contributed by atoms with E-state index < -0.39 is 5.41 Å². The lowest BCUT2D eigenvalue weighted by Crippen LogP contribution is -2.41. The molecule has 8 nitrogen and oxygen atoms in total. The molecule has 8 heteroatoms. The molecule has 2 aliphatic rings. The number of hydrogen-bond donors (Lipinski definition) is 1. The van der Waals surface area contributed by atoms with Crippen molar-refractivity contribution in [2.75, 3.05) is 47.7 Å². The van der Waals surface area contributed by atoms with E-state index in [9.17, 15) is 9.59 Å². The van der Waals surface area contributed by atoms with Gasteiger partial charge in [0.1, 0.15) is 5.69 Å². The highest BCUT2D eigenvalue weighted by Crippen LogP contribution is 2.35. The average molecular weight is 453 g/mol. The van der Waals surface area contributed by atoms with Gasteiger partial charge in [-0.05, 0) is 32.0 Å². The van der Waals surface area contributed by atoms with Crippen LogP contribution in [0.5, 0.6) is 0 Å². The summed E-state index contributed by atoms with van der Waals surface area (Å²) in [6.45, 7) is 5.93. The van der Waals surface area contributed by atoms with Gasteiger partial charge in [0.2, 0.25) is 17.8 Å². The number of aromatic nitrogens is 2. The van der Waals surface area contributed by atoms with Gasteiger partial charge in [-0.15, -0.1) is 0 Å². The summed E-state index contributed by atoms with van der Waals surface area (Å²) in [5.74, 6) is 1.10. The van der Waals surface area contributed by atoms with Crippen LogP contribution in [0.2, 0.25) is 0 Å². The summed E-state index contributed by atoms with van der Waals surface area (Å²) in [6, 6.07) is 7.47. The third-order valence-electron chi connectivity index (χ3n) is 6.20. The van der Waals surface area contributed by atoms with Crippen molar-refractivity contribution in [3.05, 3.63) is 30.5 Å². The van der Waals surface area contributed by atoms with E-state index in [4.69, 9.17) is 0 Å². The van der Waals surface area contributed by atoms with Gasteiger partial charge in [-0.2, -0.15) is 4.98 Å². The van der Waals surface area contributed by atoms with Crippen molar-refractivity contribution in [1.29, 1.82) is 0 Å². The number of hydrogen-bond acceptors (Lipinski definition) is 6. The lowest BCUT2D eigenvalue weighted by Gasteiger charge is -2.27. The molecular formula is C25H36N6O2. The molecule has 0 spiro atoms. The number of nitrogens with one attached hydrogen (secondary N) is 1. The maximum Gasteiger partial charge on any atom is 0.234 e. The predicted molar refractivity (Wildman–Crippen MR) is 134 cm³/mol. The van der Waals surface area contributed by atoms with Crippen molar-refractivity contribution in [1.82, 2.24) is 9.97 Å². The number of amides is 2. The quantitative estimate of drug-likeness (QED) is 0.733. The molecule has 1 aliphatic carbocycles. The van der Waals surface area contributed by atoms with Crippen molar-refractivity contribution >= 4 is 40.6 Å². The average Bonchev–Trinajstić information content (AvgIpc) is 3.36. The van der Waals surface area contributed by atoms with Crippen LogP contribution in [0.4, 0.5) is 28.8 Å². The van der Waals surface area contributed by atoms with E-state index in [1.54, 1.807) is 30.1 Å². The van der Waals surface area contributed by atoms with Gasteiger partial charge in [0, 0.05) is 46.0 Å². The van der Waals surface area contributed by atoms with Crippen LogP contribution in [0.3, 0.4) is 0 Å². The van der Waals surface area contributed by atoms with Crippen LogP contribution in [0.25, 0.3) is 0 Å². The van der Waals surface area contributed by atoms with Gasteiger partial charge in [0.15, 0.2) is 5.82 Å².